The zero-order valence-corrected chi connectivity index (χ0v) is 17.5. The van der Waals surface area contributed by atoms with Crippen LogP contribution in [-0.4, -0.2) is 32.8 Å². The Morgan fingerprint density at radius 2 is 1.81 bits per heavy atom. The van der Waals surface area contributed by atoms with Crippen LogP contribution in [0.3, 0.4) is 0 Å². The number of anilines is 2. The third-order valence-corrected chi connectivity index (χ3v) is 5.99. The summed E-state index contributed by atoms with van der Waals surface area (Å²) < 4.78 is 7.24. The minimum Gasteiger partial charge on any atom is -0.383 e. The van der Waals surface area contributed by atoms with E-state index in [1.54, 1.807) is 11.8 Å². The number of nitrogens with zero attached hydrogens (tertiary/aromatic N) is 4. The first kappa shape index (κ1) is 19.2. The smallest absolute Gasteiger partial charge is 0.240 e. The van der Waals surface area contributed by atoms with Crippen LogP contribution in [0, 0.1) is 0 Å². The van der Waals surface area contributed by atoms with Crippen molar-refractivity contribution in [1.29, 1.82) is 0 Å². The van der Waals surface area contributed by atoms with Crippen molar-refractivity contribution in [1.82, 2.24) is 19.7 Å². The average Bonchev–Trinajstić information content (AvgIpc) is 3.30. The summed E-state index contributed by atoms with van der Waals surface area (Å²) in [4.78, 5) is 22.3. The van der Waals surface area contributed by atoms with E-state index in [0.29, 0.717) is 22.9 Å². The van der Waals surface area contributed by atoms with Crippen LogP contribution in [-0.2, 0) is 14.9 Å². The number of para-hydroxylation sites is 1. The van der Waals surface area contributed by atoms with Crippen molar-refractivity contribution in [3.05, 3.63) is 65.7 Å². The highest BCUT2D eigenvalue weighted by molar-refractivity contribution is 6.09. The molecular weight excluding hydrogens is 392 g/mol. The van der Waals surface area contributed by atoms with Crippen LogP contribution in [0.1, 0.15) is 31.2 Å². The van der Waals surface area contributed by atoms with Crippen LogP contribution >= 0.6 is 0 Å². The van der Waals surface area contributed by atoms with Gasteiger partial charge in [0.15, 0.2) is 5.82 Å². The summed E-state index contributed by atoms with van der Waals surface area (Å²) in [6.45, 7) is 3.75. The third kappa shape index (κ3) is 2.72. The van der Waals surface area contributed by atoms with Crippen molar-refractivity contribution in [2.45, 2.75) is 25.5 Å². The fourth-order valence-electron chi connectivity index (χ4n) is 4.19. The Bertz CT molecular complexity index is 1320. The number of nitrogens with two attached hydrogens (primary N) is 1. The van der Waals surface area contributed by atoms with Crippen molar-refractivity contribution >= 4 is 28.4 Å². The minimum absolute atomic E-state index is 0.185. The summed E-state index contributed by atoms with van der Waals surface area (Å²) in [7, 11) is 1.63. The van der Waals surface area contributed by atoms with E-state index in [0.717, 1.165) is 16.5 Å². The maximum absolute atomic E-state index is 13.0. The normalized spacial score (nSPS) is 18.7. The molecule has 0 saturated carbocycles. The van der Waals surface area contributed by atoms with Crippen LogP contribution in [0.25, 0.3) is 22.4 Å². The van der Waals surface area contributed by atoms with Gasteiger partial charge in [-0.1, -0.05) is 48.5 Å². The predicted octanol–water partition coefficient (Wildman–Crippen LogP) is 3.50. The number of nitrogens with one attached hydrogen (secondary N) is 1. The monoisotopic (exact) mass is 414 g/mol. The van der Waals surface area contributed by atoms with Gasteiger partial charge in [0, 0.05) is 12.5 Å². The van der Waals surface area contributed by atoms with Crippen LogP contribution in [0.5, 0.6) is 0 Å². The molecule has 0 fully saturated rings. The molecule has 0 bridgehead atoms. The highest BCUT2D eigenvalue weighted by atomic mass is 16.5. The average molecular weight is 414 g/mol. The summed E-state index contributed by atoms with van der Waals surface area (Å²) in [5, 5.41) is 8.48. The number of nitrogen functional groups attached to an aromatic ring is 1. The van der Waals surface area contributed by atoms with Gasteiger partial charge in [0.1, 0.15) is 29.0 Å². The Morgan fingerprint density at radius 3 is 2.55 bits per heavy atom. The standard InChI is InChI=1S/C23H22N6O2/c1-13(31-3)29-16-12-8-7-11-15(16)18(28-29)21-25-19(24)17-20(26-21)27-22(30)23(17,2)14-9-5-4-6-10-14/h4-13H,1-3H3,(H3,24,25,26,27,30). The highest BCUT2D eigenvalue weighted by Gasteiger charge is 2.47. The summed E-state index contributed by atoms with van der Waals surface area (Å²) in [5.74, 6) is 0.836. The van der Waals surface area contributed by atoms with E-state index in [2.05, 4.69) is 15.3 Å². The molecule has 5 rings (SSSR count). The molecule has 8 nitrogen and oxygen atoms in total. The van der Waals surface area contributed by atoms with Gasteiger partial charge in [-0.05, 0) is 25.5 Å². The van der Waals surface area contributed by atoms with Gasteiger partial charge in [-0.15, -0.1) is 0 Å². The first-order valence-electron chi connectivity index (χ1n) is 10.0. The van der Waals surface area contributed by atoms with E-state index in [1.807, 2.05) is 68.4 Å². The Morgan fingerprint density at radius 1 is 1.10 bits per heavy atom. The number of methoxy groups -OCH3 is 1. The Labute approximate surface area is 179 Å². The summed E-state index contributed by atoms with van der Waals surface area (Å²) in [5.41, 5.74) is 8.34. The Balaban J connectivity index is 1.70. The quantitative estimate of drug-likeness (QED) is 0.529. The first-order chi connectivity index (χ1) is 14.9. The molecule has 31 heavy (non-hydrogen) atoms. The van der Waals surface area contributed by atoms with Gasteiger partial charge >= 0.3 is 0 Å². The second-order valence-electron chi connectivity index (χ2n) is 7.75. The topological polar surface area (TPSA) is 108 Å². The molecule has 0 radical (unpaired) electrons. The lowest BCUT2D eigenvalue weighted by Gasteiger charge is -2.23. The molecule has 1 aliphatic heterocycles. The molecular formula is C23H22N6O2. The van der Waals surface area contributed by atoms with Gasteiger partial charge in [-0.3, -0.25) is 4.79 Å². The van der Waals surface area contributed by atoms with E-state index in [9.17, 15) is 4.79 Å². The van der Waals surface area contributed by atoms with Crippen LogP contribution in [0.15, 0.2) is 54.6 Å². The lowest BCUT2D eigenvalue weighted by atomic mass is 9.78. The molecule has 2 aromatic heterocycles. The molecule has 1 aliphatic rings. The van der Waals surface area contributed by atoms with E-state index in [4.69, 9.17) is 15.6 Å². The summed E-state index contributed by atoms with van der Waals surface area (Å²) in [6.07, 6.45) is -0.272. The number of rotatable bonds is 4. The molecule has 156 valence electrons. The van der Waals surface area contributed by atoms with Crippen molar-refractivity contribution < 1.29 is 9.53 Å². The molecule has 4 aromatic rings. The molecule has 0 saturated heterocycles. The van der Waals surface area contributed by atoms with Gasteiger partial charge in [-0.2, -0.15) is 5.10 Å². The van der Waals surface area contributed by atoms with E-state index < -0.39 is 5.41 Å². The summed E-state index contributed by atoms with van der Waals surface area (Å²) in [6, 6.07) is 17.3. The second kappa shape index (κ2) is 6.88. The van der Waals surface area contributed by atoms with Crippen molar-refractivity contribution in [2.24, 2.45) is 0 Å². The fourth-order valence-corrected chi connectivity index (χ4v) is 4.19. The number of aromatic nitrogens is 4. The lowest BCUT2D eigenvalue weighted by Crippen LogP contribution is -2.32. The zero-order chi connectivity index (χ0) is 21.8. The number of hydrogen-bond acceptors (Lipinski definition) is 6. The van der Waals surface area contributed by atoms with E-state index in [-0.39, 0.29) is 18.0 Å². The van der Waals surface area contributed by atoms with Gasteiger partial charge in [0.25, 0.3) is 0 Å². The van der Waals surface area contributed by atoms with Gasteiger partial charge < -0.3 is 15.8 Å². The zero-order valence-electron chi connectivity index (χ0n) is 17.5. The minimum atomic E-state index is -0.967. The molecule has 2 atom stereocenters. The number of ether oxygens (including phenoxy) is 1. The SMILES string of the molecule is COC(C)n1nc(-c2nc(N)c3c(n2)NC(=O)C3(C)c2ccccc2)c2ccccc21. The number of amides is 1. The number of hydrogen-bond donors (Lipinski definition) is 2. The Kier molecular flexibility index (Phi) is 4.26. The van der Waals surface area contributed by atoms with Gasteiger partial charge in [0.05, 0.1) is 11.1 Å². The van der Waals surface area contributed by atoms with Crippen LogP contribution < -0.4 is 11.1 Å². The Hall–Kier alpha value is -3.78. The molecule has 8 heteroatoms. The van der Waals surface area contributed by atoms with Crippen LogP contribution in [0.4, 0.5) is 11.6 Å². The maximum Gasteiger partial charge on any atom is 0.240 e. The fraction of sp³-hybridized carbons (Fsp3) is 0.217. The molecule has 3 N–H and O–H groups in total. The molecule has 3 heterocycles. The number of carbonyl (C=O) groups excluding carboxylic acids is 1. The lowest BCUT2D eigenvalue weighted by molar-refractivity contribution is -0.119. The molecule has 0 aliphatic carbocycles. The maximum atomic E-state index is 13.0. The van der Waals surface area contributed by atoms with Gasteiger partial charge in [0.2, 0.25) is 5.91 Å². The second-order valence-corrected chi connectivity index (χ2v) is 7.75. The molecule has 0 spiro atoms. The number of fused-ring (bicyclic) bond motifs is 2. The third-order valence-electron chi connectivity index (χ3n) is 5.99. The van der Waals surface area contributed by atoms with Crippen molar-refractivity contribution in [2.75, 3.05) is 18.2 Å². The number of carbonyl (C=O) groups is 1. The van der Waals surface area contributed by atoms with Gasteiger partial charge in [-0.25, -0.2) is 14.6 Å². The van der Waals surface area contributed by atoms with E-state index in [1.165, 1.54) is 0 Å². The predicted molar refractivity (Wildman–Crippen MR) is 118 cm³/mol. The first-order valence-corrected chi connectivity index (χ1v) is 10.0. The molecule has 2 unspecified atom stereocenters. The van der Waals surface area contributed by atoms with Crippen molar-refractivity contribution in [3.63, 3.8) is 0 Å². The van der Waals surface area contributed by atoms with E-state index >= 15 is 0 Å². The highest BCUT2D eigenvalue weighted by Crippen LogP contribution is 2.45. The molecule has 1 amide bonds. The molecule has 2 aromatic carbocycles. The summed E-state index contributed by atoms with van der Waals surface area (Å²) >= 11 is 0. The van der Waals surface area contributed by atoms with Crippen molar-refractivity contribution in [3.8, 4) is 11.5 Å². The number of benzene rings is 2. The van der Waals surface area contributed by atoms with Crippen LogP contribution in [0.2, 0.25) is 0 Å². The largest absolute Gasteiger partial charge is 0.383 e.